The molecule has 1 unspecified atom stereocenters. The number of carbonyl (C=O) groups excluding carboxylic acids is 2. The topological polar surface area (TPSA) is 105 Å². The second-order valence-electron chi connectivity index (χ2n) is 7.85. The molecular weight excluding hydrogens is 396 g/mol. The average molecular weight is 424 g/mol. The highest BCUT2D eigenvalue weighted by Gasteiger charge is 2.29. The molecule has 0 fully saturated rings. The molecule has 31 heavy (non-hydrogen) atoms. The van der Waals surface area contributed by atoms with Gasteiger partial charge in [-0.3, -0.25) is 9.59 Å². The average Bonchev–Trinajstić information content (AvgIpc) is 3.05. The molecule has 7 nitrogen and oxygen atoms in total. The van der Waals surface area contributed by atoms with Gasteiger partial charge in [-0.1, -0.05) is 55.5 Å². The van der Waals surface area contributed by atoms with E-state index in [1.54, 1.807) is 6.92 Å². The van der Waals surface area contributed by atoms with E-state index >= 15 is 0 Å². The van der Waals surface area contributed by atoms with Crippen molar-refractivity contribution in [1.82, 2.24) is 10.6 Å². The lowest BCUT2D eigenvalue weighted by Gasteiger charge is -2.19. The molecule has 1 aliphatic rings. The van der Waals surface area contributed by atoms with Crippen molar-refractivity contribution in [1.29, 1.82) is 0 Å². The summed E-state index contributed by atoms with van der Waals surface area (Å²) in [5.41, 5.74) is 4.59. The summed E-state index contributed by atoms with van der Waals surface area (Å²) in [6, 6.07) is 15.3. The smallest absolute Gasteiger partial charge is 0.407 e. The number of aliphatic carboxylic acids is 1. The lowest BCUT2D eigenvalue weighted by atomic mass is 9.98. The van der Waals surface area contributed by atoms with Gasteiger partial charge in [0.05, 0.1) is 6.42 Å². The quantitative estimate of drug-likeness (QED) is 0.570. The minimum absolute atomic E-state index is 0.0293. The molecule has 0 radical (unpaired) electrons. The van der Waals surface area contributed by atoms with Crippen LogP contribution in [0.2, 0.25) is 0 Å². The van der Waals surface area contributed by atoms with Gasteiger partial charge in [-0.05, 0) is 35.6 Å². The molecule has 0 saturated carbocycles. The maximum atomic E-state index is 12.4. The van der Waals surface area contributed by atoms with Crippen molar-refractivity contribution in [2.45, 2.75) is 51.1 Å². The molecule has 7 heteroatoms. The van der Waals surface area contributed by atoms with Crippen molar-refractivity contribution in [3.05, 3.63) is 59.7 Å². The van der Waals surface area contributed by atoms with Crippen molar-refractivity contribution >= 4 is 18.0 Å². The summed E-state index contributed by atoms with van der Waals surface area (Å²) >= 11 is 0. The van der Waals surface area contributed by atoms with E-state index in [4.69, 9.17) is 9.84 Å². The van der Waals surface area contributed by atoms with E-state index in [1.807, 2.05) is 31.2 Å². The van der Waals surface area contributed by atoms with Crippen LogP contribution < -0.4 is 10.6 Å². The fraction of sp³-hybridized carbons (Fsp3) is 0.375. The number of carbonyl (C=O) groups is 3. The van der Waals surface area contributed by atoms with Gasteiger partial charge in [0.1, 0.15) is 6.61 Å². The first-order valence-electron chi connectivity index (χ1n) is 10.5. The number of amides is 2. The standard InChI is InChI=1S/C24H28N2O5/c1-3-16(13-22(27)25-15(2)12-23(28)29)26-24(30)31-14-21-19-10-6-4-8-17(19)18-9-5-7-11-20(18)21/h4-11,15-16,21H,3,12-14H2,1-2H3,(H,25,27)(H,26,30)(H,28,29)/t15-,16?/m1/s1. The van der Waals surface area contributed by atoms with Crippen LogP contribution in [-0.2, 0) is 14.3 Å². The van der Waals surface area contributed by atoms with E-state index in [9.17, 15) is 14.4 Å². The number of hydrogen-bond donors (Lipinski definition) is 3. The summed E-state index contributed by atoms with van der Waals surface area (Å²) in [6.45, 7) is 3.70. The Hall–Kier alpha value is -3.35. The number of ether oxygens (including phenoxy) is 1. The molecule has 2 amide bonds. The normalized spacial score (nSPS) is 14.1. The lowest BCUT2D eigenvalue weighted by Crippen LogP contribution is -2.41. The summed E-state index contributed by atoms with van der Waals surface area (Å²) in [5, 5.41) is 14.2. The Morgan fingerprint density at radius 3 is 2.10 bits per heavy atom. The predicted octanol–water partition coefficient (Wildman–Crippen LogP) is 3.67. The molecule has 2 atom stereocenters. The molecule has 0 heterocycles. The number of benzene rings is 2. The van der Waals surface area contributed by atoms with Crippen molar-refractivity contribution < 1.29 is 24.2 Å². The monoisotopic (exact) mass is 424 g/mol. The van der Waals surface area contributed by atoms with Crippen LogP contribution in [0.15, 0.2) is 48.5 Å². The molecule has 164 valence electrons. The highest BCUT2D eigenvalue weighted by molar-refractivity contribution is 5.80. The number of rotatable bonds is 9. The Bertz CT molecular complexity index is 913. The molecular formula is C24H28N2O5. The molecule has 0 saturated heterocycles. The largest absolute Gasteiger partial charge is 0.481 e. The fourth-order valence-electron chi connectivity index (χ4n) is 3.97. The van der Waals surface area contributed by atoms with E-state index in [0.29, 0.717) is 6.42 Å². The first kappa shape index (κ1) is 22.3. The third-order valence-corrected chi connectivity index (χ3v) is 5.48. The molecule has 0 bridgehead atoms. The fourth-order valence-corrected chi connectivity index (χ4v) is 3.97. The SMILES string of the molecule is CCC(CC(=O)N[C@H](C)CC(=O)O)NC(=O)OCC1c2ccccc2-c2ccccc21. The van der Waals surface area contributed by atoms with Crippen LogP contribution in [0.5, 0.6) is 0 Å². The van der Waals surface area contributed by atoms with E-state index in [2.05, 4.69) is 34.9 Å². The van der Waals surface area contributed by atoms with Gasteiger partial charge >= 0.3 is 12.1 Å². The third kappa shape index (κ3) is 5.63. The molecule has 2 aromatic carbocycles. The van der Waals surface area contributed by atoms with Crippen LogP contribution in [0, 0.1) is 0 Å². The maximum absolute atomic E-state index is 12.4. The first-order valence-corrected chi connectivity index (χ1v) is 10.5. The van der Waals surface area contributed by atoms with Gasteiger partial charge in [0.25, 0.3) is 0 Å². The Morgan fingerprint density at radius 1 is 0.968 bits per heavy atom. The summed E-state index contributed by atoms with van der Waals surface area (Å²) in [6.07, 6.45) is -0.113. The zero-order valence-corrected chi connectivity index (χ0v) is 17.8. The zero-order valence-electron chi connectivity index (χ0n) is 17.8. The number of nitrogens with one attached hydrogen (secondary N) is 2. The van der Waals surface area contributed by atoms with Crippen LogP contribution in [0.1, 0.15) is 50.2 Å². The van der Waals surface area contributed by atoms with Gasteiger partial charge in [-0.15, -0.1) is 0 Å². The van der Waals surface area contributed by atoms with Gasteiger partial charge in [-0.2, -0.15) is 0 Å². The zero-order chi connectivity index (χ0) is 22.4. The number of carboxylic acids is 1. The maximum Gasteiger partial charge on any atom is 0.407 e. The highest BCUT2D eigenvalue weighted by atomic mass is 16.5. The van der Waals surface area contributed by atoms with Crippen molar-refractivity contribution in [2.24, 2.45) is 0 Å². The van der Waals surface area contributed by atoms with Gasteiger partial charge in [0, 0.05) is 24.4 Å². The minimum Gasteiger partial charge on any atom is -0.481 e. The Balaban J connectivity index is 1.55. The lowest BCUT2D eigenvalue weighted by molar-refractivity contribution is -0.137. The molecule has 3 N–H and O–H groups in total. The molecule has 3 rings (SSSR count). The Labute approximate surface area is 181 Å². The second-order valence-corrected chi connectivity index (χ2v) is 7.85. The van der Waals surface area contributed by atoms with Crippen LogP contribution in [-0.4, -0.2) is 41.8 Å². The van der Waals surface area contributed by atoms with E-state index in [-0.39, 0.29) is 31.3 Å². The first-order chi connectivity index (χ1) is 14.9. The van der Waals surface area contributed by atoms with Gasteiger partial charge in [0.2, 0.25) is 5.91 Å². The molecule has 0 aliphatic heterocycles. The van der Waals surface area contributed by atoms with Crippen LogP contribution in [0.4, 0.5) is 4.79 Å². The number of alkyl carbamates (subject to hydrolysis) is 1. The van der Waals surface area contributed by atoms with Crippen LogP contribution >= 0.6 is 0 Å². The van der Waals surface area contributed by atoms with Crippen LogP contribution in [0.25, 0.3) is 11.1 Å². The molecule has 2 aromatic rings. The highest BCUT2D eigenvalue weighted by Crippen LogP contribution is 2.44. The third-order valence-electron chi connectivity index (χ3n) is 5.48. The van der Waals surface area contributed by atoms with E-state index in [1.165, 1.54) is 0 Å². The number of hydrogen-bond acceptors (Lipinski definition) is 4. The van der Waals surface area contributed by atoms with Crippen molar-refractivity contribution in [3.8, 4) is 11.1 Å². The number of fused-ring (bicyclic) bond motifs is 3. The summed E-state index contributed by atoms with van der Waals surface area (Å²) in [5.74, 6) is -1.31. The Kier molecular flexibility index (Phi) is 7.28. The van der Waals surface area contributed by atoms with E-state index in [0.717, 1.165) is 22.3 Å². The van der Waals surface area contributed by atoms with Gasteiger partial charge in [0.15, 0.2) is 0 Å². The van der Waals surface area contributed by atoms with Crippen molar-refractivity contribution in [3.63, 3.8) is 0 Å². The minimum atomic E-state index is -0.975. The summed E-state index contributed by atoms with van der Waals surface area (Å²) in [4.78, 5) is 35.3. The second kappa shape index (κ2) is 10.1. The summed E-state index contributed by atoms with van der Waals surface area (Å²) in [7, 11) is 0. The van der Waals surface area contributed by atoms with E-state index < -0.39 is 24.1 Å². The molecule has 1 aliphatic carbocycles. The molecule has 0 spiro atoms. The Morgan fingerprint density at radius 2 is 1.55 bits per heavy atom. The predicted molar refractivity (Wildman–Crippen MR) is 117 cm³/mol. The summed E-state index contributed by atoms with van der Waals surface area (Å²) < 4.78 is 5.53. The van der Waals surface area contributed by atoms with Crippen molar-refractivity contribution in [2.75, 3.05) is 6.61 Å². The molecule has 0 aromatic heterocycles. The van der Waals surface area contributed by atoms with Gasteiger partial charge < -0.3 is 20.5 Å². The van der Waals surface area contributed by atoms with Crippen LogP contribution in [0.3, 0.4) is 0 Å². The van der Waals surface area contributed by atoms with Gasteiger partial charge in [-0.25, -0.2) is 4.79 Å². The number of carboxylic acid groups (broad SMARTS) is 1.